The molecule has 1 aliphatic rings. The summed E-state index contributed by atoms with van der Waals surface area (Å²) in [5.41, 5.74) is 2.29. The molecular formula is C16H26N2O. The van der Waals surface area contributed by atoms with E-state index in [1.165, 1.54) is 37.7 Å². The van der Waals surface area contributed by atoms with E-state index in [2.05, 4.69) is 22.4 Å². The number of ether oxygens (including phenoxy) is 1. The lowest BCUT2D eigenvalue weighted by Gasteiger charge is -2.35. The Morgan fingerprint density at radius 2 is 2.00 bits per heavy atom. The van der Waals surface area contributed by atoms with E-state index in [4.69, 9.17) is 4.74 Å². The van der Waals surface area contributed by atoms with Gasteiger partial charge in [0.05, 0.1) is 12.1 Å². The third-order valence-electron chi connectivity index (χ3n) is 4.32. The van der Waals surface area contributed by atoms with Crippen molar-refractivity contribution >= 4 is 0 Å². The highest BCUT2D eigenvalue weighted by atomic mass is 16.5. The number of methoxy groups -OCH3 is 1. The Hall–Kier alpha value is -0.930. The smallest absolute Gasteiger partial charge is 0.0794 e. The first-order valence-electron chi connectivity index (χ1n) is 7.39. The van der Waals surface area contributed by atoms with Crippen LogP contribution < -0.4 is 5.32 Å². The van der Waals surface area contributed by atoms with Crippen molar-refractivity contribution < 1.29 is 4.74 Å². The summed E-state index contributed by atoms with van der Waals surface area (Å²) in [5.74, 6) is 0.664. The van der Waals surface area contributed by atoms with Crippen LogP contribution in [0, 0.1) is 12.8 Å². The fraction of sp³-hybridized carbons (Fsp3) is 0.688. The number of likely N-dealkylation sites (N-methyl/N-ethyl adjacent to an activating group) is 1. The Bertz CT molecular complexity index is 371. The van der Waals surface area contributed by atoms with Crippen molar-refractivity contribution in [1.29, 1.82) is 0 Å². The summed E-state index contributed by atoms with van der Waals surface area (Å²) in [6.07, 6.45) is 8.86. The van der Waals surface area contributed by atoms with E-state index in [1.807, 2.05) is 27.3 Å². The maximum Gasteiger partial charge on any atom is 0.0794 e. The Labute approximate surface area is 116 Å². The molecule has 1 fully saturated rings. The number of nitrogens with zero attached hydrogens (tertiary/aromatic N) is 1. The minimum Gasteiger partial charge on any atom is -0.379 e. The van der Waals surface area contributed by atoms with Crippen LogP contribution in [0.5, 0.6) is 0 Å². The van der Waals surface area contributed by atoms with Crippen molar-refractivity contribution in [2.45, 2.75) is 51.2 Å². The Morgan fingerprint density at radius 1 is 1.26 bits per heavy atom. The molecule has 2 unspecified atom stereocenters. The highest BCUT2D eigenvalue weighted by Crippen LogP contribution is 2.33. The predicted molar refractivity (Wildman–Crippen MR) is 78.1 cm³/mol. The highest BCUT2D eigenvalue weighted by molar-refractivity contribution is 5.19. The van der Waals surface area contributed by atoms with Crippen molar-refractivity contribution in [1.82, 2.24) is 10.3 Å². The Morgan fingerprint density at radius 3 is 2.53 bits per heavy atom. The quantitative estimate of drug-likeness (QED) is 0.884. The fourth-order valence-corrected chi connectivity index (χ4v) is 3.25. The number of hydrogen-bond acceptors (Lipinski definition) is 3. The second kappa shape index (κ2) is 7.01. The molecule has 2 atom stereocenters. The van der Waals surface area contributed by atoms with Crippen molar-refractivity contribution in [2.75, 3.05) is 14.2 Å². The lowest BCUT2D eigenvalue weighted by atomic mass is 9.81. The van der Waals surface area contributed by atoms with Gasteiger partial charge in [0.15, 0.2) is 0 Å². The average Bonchev–Trinajstić information content (AvgIpc) is 2.47. The molecular weight excluding hydrogens is 236 g/mol. The summed E-state index contributed by atoms with van der Waals surface area (Å²) < 4.78 is 5.84. The van der Waals surface area contributed by atoms with Crippen molar-refractivity contribution in [2.24, 2.45) is 5.92 Å². The van der Waals surface area contributed by atoms with Gasteiger partial charge in [0.1, 0.15) is 0 Å². The van der Waals surface area contributed by atoms with Gasteiger partial charge < -0.3 is 10.1 Å². The molecule has 1 aromatic rings. The monoisotopic (exact) mass is 262 g/mol. The van der Waals surface area contributed by atoms with Gasteiger partial charge in [-0.15, -0.1) is 0 Å². The van der Waals surface area contributed by atoms with Gasteiger partial charge in [-0.05, 0) is 44.4 Å². The van der Waals surface area contributed by atoms with Crippen molar-refractivity contribution in [3.8, 4) is 0 Å². The number of pyridine rings is 1. The molecule has 0 aromatic carbocycles. The highest BCUT2D eigenvalue weighted by Gasteiger charge is 2.30. The van der Waals surface area contributed by atoms with Gasteiger partial charge in [-0.2, -0.15) is 0 Å². The average molecular weight is 262 g/mol. The van der Waals surface area contributed by atoms with Crippen LogP contribution in [0.4, 0.5) is 0 Å². The van der Waals surface area contributed by atoms with Gasteiger partial charge in [-0.25, -0.2) is 0 Å². The topological polar surface area (TPSA) is 34.2 Å². The third-order valence-corrected chi connectivity index (χ3v) is 4.32. The molecule has 0 amide bonds. The fourth-order valence-electron chi connectivity index (χ4n) is 3.25. The SMILES string of the molecule is CNC(c1ccc(C)nc1)C(OC)C1CCCCC1. The van der Waals surface area contributed by atoms with Crippen LogP contribution in [0.1, 0.15) is 49.4 Å². The largest absolute Gasteiger partial charge is 0.379 e. The second-order valence-corrected chi connectivity index (χ2v) is 5.60. The summed E-state index contributed by atoms with van der Waals surface area (Å²) in [5, 5.41) is 3.42. The predicted octanol–water partition coefficient (Wildman–Crippen LogP) is 3.25. The first-order chi connectivity index (χ1) is 9.26. The molecule has 19 heavy (non-hydrogen) atoms. The van der Waals surface area contributed by atoms with Crippen LogP contribution in [0.3, 0.4) is 0 Å². The molecule has 2 rings (SSSR count). The summed E-state index contributed by atoms with van der Waals surface area (Å²) in [6.45, 7) is 2.02. The molecule has 0 spiro atoms. The molecule has 0 bridgehead atoms. The maximum absolute atomic E-state index is 5.84. The molecule has 3 nitrogen and oxygen atoms in total. The molecule has 1 heterocycles. The van der Waals surface area contributed by atoms with Crippen LogP contribution in [0.15, 0.2) is 18.3 Å². The number of nitrogens with one attached hydrogen (secondary N) is 1. The van der Waals surface area contributed by atoms with Crippen molar-refractivity contribution in [3.63, 3.8) is 0 Å². The summed E-state index contributed by atoms with van der Waals surface area (Å²) >= 11 is 0. The van der Waals surface area contributed by atoms with Gasteiger partial charge in [-0.1, -0.05) is 25.3 Å². The molecule has 1 saturated carbocycles. The van der Waals surface area contributed by atoms with Gasteiger partial charge in [0.25, 0.3) is 0 Å². The van der Waals surface area contributed by atoms with Gasteiger partial charge in [0, 0.05) is 19.0 Å². The number of aromatic nitrogens is 1. The van der Waals surface area contributed by atoms with Crippen LogP contribution in [-0.2, 0) is 4.74 Å². The normalized spacial score (nSPS) is 20.2. The van der Waals surface area contributed by atoms with Gasteiger partial charge in [0.2, 0.25) is 0 Å². The first-order valence-corrected chi connectivity index (χ1v) is 7.39. The summed E-state index contributed by atoms with van der Waals surface area (Å²) in [6, 6.07) is 4.48. The zero-order chi connectivity index (χ0) is 13.7. The number of rotatable bonds is 5. The van der Waals surface area contributed by atoms with Crippen LogP contribution in [0.25, 0.3) is 0 Å². The summed E-state index contributed by atoms with van der Waals surface area (Å²) in [7, 11) is 3.85. The molecule has 1 aromatic heterocycles. The second-order valence-electron chi connectivity index (χ2n) is 5.60. The zero-order valence-corrected chi connectivity index (χ0v) is 12.4. The van der Waals surface area contributed by atoms with Crippen LogP contribution in [-0.4, -0.2) is 25.2 Å². The minimum atomic E-state index is 0.237. The Balaban J connectivity index is 2.15. The minimum absolute atomic E-state index is 0.237. The third kappa shape index (κ3) is 3.54. The molecule has 1 N–H and O–H groups in total. The maximum atomic E-state index is 5.84. The summed E-state index contributed by atoms with van der Waals surface area (Å²) in [4.78, 5) is 4.41. The van der Waals surface area contributed by atoms with E-state index in [-0.39, 0.29) is 12.1 Å². The van der Waals surface area contributed by atoms with E-state index >= 15 is 0 Å². The lowest BCUT2D eigenvalue weighted by Crippen LogP contribution is -2.37. The van der Waals surface area contributed by atoms with E-state index in [0.29, 0.717) is 5.92 Å². The van der Waals surface area contributed by atoms with E-state index < -0.39 is 0 Å². The standard InChI is InChI=1S/C16H26N2O/c1-12-9-10-14(11-18-12)15(17-2)16(19-3)13-7-5-4-6-8-13/h9-11,13,15-17H,4-8H2,1-3H3. The molecule has 0 radical (unpaired) electrons. The number of aryl methyl sites for hydroxylation is 1. The van der Waals surface area contributed by atoms with Gasteiger partial charge >= 0.3 is 0 Å². The van der Waals surface area contributed by atoms with Crippen LogP contribution in [0.2, 0.25) is 0 Å². The Kier molecular flexibility index (Phi) is 5.34. The number of hydrogen-bond donors (Lipinski definition) is 1. The molecule has 0 aliphatic heterocycles. The van der Waals surface area contributed by atoms with Gasteiger partial charge in [-0.3, -0.25) is 4.98 Å². The zero-order valence-electron chi connectivity index (χ0n) is 12.4. The van der Waals surface area contributed by atoms with E-state index in [1.54, 1.807) is 0 Å². The van der Waals surface area contributed by atoms with E-state index in [0.717, 1.165) is 5.69 Å². The molecule has 1 aliphatic carbocycles. The molecule has 0 saturated heterocycles. The lowest BCUT2D eigenvalue weighted by molar-refractivity contribution is 0.00933. The molecule has 106 valence electrons. The molecule has 3 heteroatoms. The van der Waals surface area contributed by atoms with Crippen LogP contribution >= 0.6 is 0 Å². The first kappa shape index (κ1) is 14.5. The van der Waals surface area contributed by atoms with E-state index in [9.17, 15) is 0 Å². The van der Waals surface area contributed by atoms with Crippen molar-refractivity contribution in [3.05, 3.63) is 29.6 Å².